The van der Waals surface area contributed by atoms with Crippen LogP contribution in [0.15, 0.2) is 42.5 Å². The third kappa shape index (κ3) is 4.54. The number of carbonyl (C=O) groups excluding carboxylic acids is 1. The fourth-order valence-corrected chi connectivity index (χ4v) is 5.09. The van der Waals surface area contributed by atoms with Crippen molar-refractivity contribution in [1.29, 1.82) is 0 Å². The number of amides is 1. The highest BCUT2D eigenvalue weighted by Crippen LogP contribution is 2.35. The molecule has 4 rings (SSSR count). The van der Waals surface area contributed by atoms with Gasteiger partial charge in [-0.05, 0) is 60.9 Å². The first-order valence-corrected chi connectivity index (χ1v) is 11.5. The molecule has 0 spiro atoms. The van der Waals surface area contributed by atoms with Crippen molar-refractivity contribution in [1.82, 2.24) is 4.90 Å². The second-order valence-corrected chi connectivity index (χ2v) is 9.05. The van der Waals surface area contributed by atoms with Crippen LogP contribution in [0, 0.1) is 6.92 Å². The van der Waals surface area contributed by atoms with Gasteiger partial charge in [0.2, 0.25) is 5.91 Å². The topological polar surface area (TPSA) is 64.0 Å². The maximum Gasteiger partial charge on any atom is 0.226 e. The maximum atomic E-state index is 12.2. The highest BCUT2D eigenvalue weighted by Gasteiger charge is 2.35. The molecule has 0 bridgehead atoms. The molecular weight excluding hydrogens is 388 g/mol. The van der Waals surface area contributed by atoms with E-state index in [-0.39, 0.29) is 5.91 Å². The SMILES string of the molecule is CCC(=O)N1CCCc2cc([C@H](O)CN3CCC(O)(c4ccccc4C)CC3)ccc21. The van der Waals surface area contributed by atoms with Crippen molar-refractivity contribution < 1.29 is 15.0 Å². The number of hydrogen-bond acceptors (Lipinski definition) is 4. The second-order valence-electron chi connectivity index (χ2n) is 9.05. The van der Waals surface area contributed by atoms with Crippen molar-refractivity contribution in [3.63, 3.8) is 0 Å². The molecule has 2 aliphatic rings. The smallest absolute Gasteiger partial charge is 0.226 e. The van der Waals surface area contributed by atoms with Gasteiger partial charge in [-0.1, -0.05) is 43.3 Å². The number of likely N-dealkylation sites (tertiary alicyclic amines) is 1. The van der Waals surface area contributed by atoms with E-state index in [2.05, 4.69) is 24.0 Å². The van der Waals surface area contributed by atoms with Crippen molar-refractivity contribution in [2.24, 2.45) is 0 Å². The van der Waals surface area contributed by atoms with Crippen LogP contribution >= 0.6 is 0 Å². The van der Waals surface area contributed by atoms with E-state index in [1.165, 1.54) is 0 Å². The quantitative estimate of drug-likeness (QED) is 0.771. The van der Waals surface area contributed by atoms with Gasteiger partial charge >= 0.3 is 0 Å². The van der Waals surface area contributed by atoms with E-state index >= 15 is 0 Å². The molecule has 1 atom stereocenters. The number of aryl methyl sites for hydroxylation is 2. The normalized spacial score (nSPS) is 19.7. The predicted molar refractivity (Wildman–Crippen MR) is 123 cm³/mol. The van der Waals surface area contributed by atoms with Crippen LogP contribution in [0.5, 0.6) is 0 Å². The number of rotatable bonds is 5. The number of aliphatic hydroxyl groups is 2. The summed E-state index contributed by atoms with van der Waals surface area (Å²) >= 11 is 0. The lowest BCUT2D eigenvalue weighted by atomic mass is 9.82. The van der Waals surface area contributed by atoms with Gasteiger partial charge in [-0.2, -0.15) is 0 Å². The highest BCUT2D eigenvalue weighted by atomic mass is 16.3. The fourth-order valence-electron chi connectivity index (χ4n) is 5.09. The third-order valence-corrected chi connectivity index (χ3v) is 6.97. The molecule has 1 saturated heterocycles. The molecule has 2 aromatic rings. The van der Waals surface area contributed by atoms with Crippen molar-refractivity contribution >= 4 is 11.6 Å². The first-order valence-electron chi connectivity index (χ1n) is 11.5. The lowest BCUT2D eigenvalue weighted by molar-refractivity contribution is -0.118. The van der Waals surface area contributed by atoms with Crippen LogP contribution in [0.3, 0.4) is 0 Å². The zero-order chi connectivity index (χ0) is 22.0. The summed E-state index contributed by atoms with van der Waals surface area (Å²) in [5, 5.41) is 22.1. The van der Waals surface area contributed by atoms with Gasteiger partial charge in [0, 0.05) is 38.3 Å². The fraction of sp³-hybridized carbons (Fsp3) is 0.500. The number of benzene rings is 2. The van der Waals surface area contributed by atoms with Crippen LogP contribution in [-0.4, -0.2) is 47.2 Å². The monoisotopic (exact) mass is 422 g/mol. The van der Waals surface area contributed by atoms with Crippen LogP contribution in [-0.2, 0) is 16.8 Å². The molecule has 5 nitrogen and oxygen atoms in total. The Morgan fingerprint density at radius 2 is 1.87 bits per heavy atom. The summed E-state index contributed by atoms with van der Waals surface area (Å²) in [4.78, 5) is 16.4. The van der Waals surface area contributed by atoms with Gasteiger partial charge in [-0.15, -0.1) is 0 Å². The van der Waals surface area contributed by atoms with Crippen LogP contribution in [0.2, 0.25) is 0 Å². The molecule has 2 N–H and O–H groups in total. The molecule has 0 aromatic heterocycles. The number of β-amino-alcohol motifs (C(OH)–C–C–N with tert-alkyl or cyclic N) is 1. The van der Waals surface area contributed by atoms with Gasteiger partial charge in [0.25, 0.3) is 0 Å². The minimum atomic E-state index is -0.784. The summed E-state index contributed by atoms with van der Waals surface area (Å²) in [5.74, 6) is 0.156. The lowest BCUT2D eigenvalue weighted by Crippen LogP contribution is -2.44. The summed E-state index contributed by atoms with van der Waals surface area (Å²) in [6, 6.07) is 14.1. The van der Waals surface area contributed by atoms with Crippen molar-refractivity contribution in [3.8, 4) is 0 Å². The number of aliphatic hydroxyl groups excluding tert-OH is 1. The number of nitrogens with zero attached hydrogens (tertiary/aromatic N) is 2. The molecule has 2 heterocycles. The molecule has 0 saturated carbocycles. The summed E-state index contributed by atoms with van der Waals surface area (Å²) < 4.78 is 0. The first kappa shape index (κ1) is 22.0. The highest BCUT2D eigenvalue weighted by molar-refractivity contribution is 5.94. The molecule has 0 unspecified atom stereocenters. The lowest BCUT2D eigenvalue weighted by Gasteiger charge is -2.40. The summed E-state index contributed by atoms with van der Waals surface area (Å²) in [6.07, 6.45) is 3.17. The average molecular weight is 423 g/mol. The van der Waals surface area contributed by atoms with E-state index in [4.69, 9.17) is 0 Å². The van der Waals surface area contributed by atoms with Crippen LogP contribution in [0.4, 0.5) is 5.69 Å². The van der Waals surface area contributed by atoms with Crippen molar-refractivity contribution in [2.75, 3.05) is 31.1 Å². The summed E-state index contributed by atoms with van der Waals surface area (Å²) in [5.41, 5.74) is 4.42. The van der Waals surface area contributed by atoms with Crippen LogP contribution in [0.25, 0.3) is 0 Å². The van der Waals surface area contributed by atoms with Gasteiger partial charge in [0.05, 0.1) is 11.7 Å². The zero-order valence-electron chi connectivity index (χ0n) is 18.7. The second kappa shape index (κ2) is 9.11. The van der Waals surface area contributed by atoms with Gasteiger partial charge in [-0.3, -0.25) is 4.79 Å². The Kier molecular flexibility index (Phi) is 6.47. The Hall–Kier alpha value is -2.21. The first-order chi connectivity index (χ1) is 14.9. The van der Waals surface area contributed by atoms with Crippen LogP contribution in [0.1, 0.15) is 61.0 Å². The van der Waals surface area contributed by atoms with Gasteiger partial charge in [0.15, 0.2) is 0 Å². The van der Waals surface area contributed by atoms with E-state index in [9.17, 15) is 15.0 Å². The van der Waals surface area contributed by atoms with Gasteiger partial charge in [0.1, 0.15) is 0 Å². The standard InChI is InChI=1S/C26H34N2O3/c1-3-25(30)28-14-6-8-20-17-21(10-11-23(20)28)24(29)18-27-15-12-26(31,13-16-27)22-9-5-4-7-19(22)2/h4-5,7,9-11,17,24,29,31H,3,6,8,12-16,18H2,1-2H3/t24-/m1/s1. The van der Waals surface area contributed by atoms with E-state index < -0.39 is 11.7 Å². The van der Waals surface area contributed by atoms with Gasteiger partial charge in [-0.25, -0.2) is 0 Å². The van der Waals surface area contributed by atoms with Gasteiger partial charge < -0.3 is 20.0 Å². The van der Waals surface area contributed by atoms with Crippen LogP contribution < -0.4 is 4.90 Å². The van der Waals surface area contributed by atoms with Crippen molar-refractivity contribution in [3.05, 3.63) is 64.7 Å². The minimum absolute atomic E-state index is 0.156. The average Bonchev–Trinajstić information content (AvgIpc) is 2.79. The van der Waals surface area contributed by atoms with E-state index in [1.54, 1.807) is 0 Å². The zero-order valence-corrected chi connectivity index (χ0v) is 18.7. The largest absolute Gasteiger partial charge is 0.387 e. The molecule has 1 fully saturated rings. The molecule has 0 radical (unpaired) electrons. The Morgan fingerprint density at radius 3 is 2.58 bits per heavy atom. The molecule has 0 aliphatic carbocycles. The summed E-state index contributed by atoms with van der Waals surface area (Å²) in [6.45, 7) is 6.79. The third-order valence-electron chi connectivity index (χ3n) is 6.97. The Balaban J connectivity index is 1.40. The van der Waals surface area contributed by atoms with Crippen molar-refractivity contribution in [2.45, 2.75) is 57.7 Å². The number of piperidine rings is 1. The molecular formula is C26H34N2O3. The Bertz CT molecular complexity index is 934. The number of anilines is 1. The Labute approximate surface area is 185 Å². The summed E-state index contributed by atoms with van der Waals surface area (Å²) in [7, 11) is 0. The molecule has 2 aromatic carbocycles. The van der Waals surface area contributed by atoms with E-state index in [0.29, 0.717) is 25.8 Å². The number of hydrogen-bond donors (Lipinski definition) is 2. The molecule has 31 heavy (non-hydrogen) atoms. The Morgan fingerprint density at radius 1 is 1.13 bits per heavy atom. The molecule has 5 heteroatoms. The number of carbonyl (C=O) groups is 1. The maximum absolute atomic E-state index is 12.2. The minimum Gasteiger partial charge on any atom is -0.387 e. The molecule has 1 amide bonds. The van der Waals surface area contributed by atoms with E-state index in [1.807, 2.05) is 42.2 Å². The molecule has 2 aliphatic heterocycles. The van der Waals surface area contributed by atoms with E-state index in [0.717, 1.165) is 60.4 Å². The predicted octanol–water partition coefficient (Wildman–Crippen LogP) is 3.70. The number of fused-ring (bicyclic) bond motifs is 1. The molecule has 166 valence electrons.